The van der Waals surface area contributed by atoms with Crippen LogP contribution < -0.4 is 10.7 Å². The molecule has 0 bridgehead atoms. The number of rotatable bonds is 5. The van der Waals surface area contributed by atoms with Crippen LogP contribution in [0.3, 0.4) is 0 Å². The number of hydrogen-bond donors (Lipinski definition) is 2. The van der Waals surface area contributed by atoms with E-state index < -0.39 is 5.91 Å². The summed E-state index contributed by atoms with van der Waals surface area (Å²) in [6.07, 6.45) is 1.34. The van der Waals surface area contributed by atoms with Gasteiger partial charge in [0.25, 0.3) is 5.91 Å². The van der Waals surface area contributed by atoms with Crippen LogP contribution in [-0.4, -0.2) is 12.1 Å². The predicted molar refractivity (Wildman–Crippen MR) is 86.9 cm³/mol. The molecule has 5 nitrogen and oxygen atoms in total. The smallest absolute Gasteiger partial charge is 0.254 e. The highest BCUT2D eigenvalue weighted by Gasteiger charge is 1.98. The number of para-hydroxylation sites is 1. The van der Waals surface area contributed by atoms with Gasteiger partial charge in [-0.15, -0.1) is 0 Å². The van der Waals surface area contributed by atoms with Crippen molar-refractivity contribution in [2.75, 3.05) is 5.32 Å². The molecule has 0 spiro atoms. The molecule has 0 heterocycles. The van der Waals surface area contributed by atoms with Crippen LogP contribution in [0, 0.1) is 18.3 Å². The molecule has 0 unspecified atom stereocenters. The van der Waals surface area contributed by atoms with Gasteiger partial charge in [-0.2, -0.15) is 10.4 Å². The van der Waals surface area contributed by atoms with Crippen LogP contribution in [0.1, 0.15) is 17.5 Å². The van der Waals surface area contributed by atoms with E-state index in [2.05, 4.69) is 15.8 Å². The Morgan fingerprint density at radius 1 is 1.23 bits per heavy atom. The molecule has 2 aromatic rings. The van der Waals surface area contributed by atoms with Crippen LogP contribution in [0.5, 0.6) is 0 Å². The molecule has 2 N–H and O–H groups in total. The lowest BCUT2D eigenvalue weighted by atomic mass is 10.2. The summed E-state index contributed by atoms with van der Waals surface area (Å²) in [7, 11) is 0. The minimum Gasteiger partial charge on any atom is -0.355 e. The summed E-state index contributed by atoms with van der Waals surface area (Å²) < 4.78 is 0. The van der Waals surface area contributed by atoms with E-state index in [0.29, 0.717) is 0 Å². The van der Waals surface area contributed by atoms with Crippen LogP contribution in [0.25, 0.3) is 0 Å². The molecule has 0 aliphatic carbocycles. The molecule has 2 aromatic carbocycles. The lowest BCUT2D eigenvalue weighted by molar-refractivity contribution is -0.120. The third kappa shape index (κ3) is 4.46. The summed E-state index contributed by atoms with van der Waals surface area (Å²) in [5, 5.41) is 15.5. The summed E-state index contributed by atoms with van der Waals surface area (Å²) in [5.41, 5.74) is 6.35. The van der Waals surface area contributed by atoms with Crippen molar-refractivity contribution < 1.29 is 4.79 Å². The molecule has 0 saturated carbocycles. The van der Waals surface area contributed by atoms with E-state index in [1.165, 1.54) is 11.8 Å². The molecule has 0 saturated heterocycles. The van der Waals surface area contributed by atoms with Crippen molar-refractivity contribution >= 4 is 23.5 Å². The highest BCUT2D eigenvalue weighted by atomic mass is 16.2. The number of nitrogens with one attached hydrogen (secondary N) is 2. The molecule has 0 aliphatic heterocycles. The van der Waals surface area contributed by atoms with E-state index in [1.54, 1.807) is 6.07 Å². The van der Waals surface area contributed by atoms with Gasteiger partial charge in [0.05, 0.1) is 12.3 Å². The number of amides is 1. The molecule has 5 heteroatoms. The minimum absolute atomic E-state index is 0.198. The second kappa shape index (κ2) is 7.60. The van der Waals surface area contributed by atoms with E-state index in [0.717, 1.165) is 16.9 Å². The van der Waals surface area contributed by atoms with Crippen molar-refractivity contribution in [1.82, 2.24) is 5.43 Å². The quantitative estimate of drug-likeness (QED) is 0.656. The van der Waals surface area contributed by atoms with Crippen LogP contribution in [0.15, 0.2) is 53.6 Å². The van der Waals surface area contributed by atoms with Gasteiger partial charge in [0.15, 0.2) is 0 Å². The Bertz CT molecular complexity index is 714. The SMILES string of the molecule is Cc1ccccc1Nc1ccc(/C=N\NC(=O)CC#N)cc1. The standard InChI is InChI=1S/C17H16N4O/c1-13-4-2-3-5-16(13)20-15-8-6-14(7-9-15)12-19-21-17(22)10-11-18/h2-9,12,20H,10H2,1H3,(H,21,22)/b19-12-. The van der Waals surface area contributed by atoms with Crippen molar-refractivity contribution in [2.24, 2.45) is 5.10 Å². The van der Waals surface area contributed by atoms with E-state index in [-0.39, 0.29) is 6.42 Å². The van der Waals surface area contributed by atoms with Gasteiger partial charge in [0, 0.05) is 11.4 Å². The lowest BCUT2D eigenvalue weighted by Crippen LogP contribution is -2.16. The number of aryl methyl sites for hydroxylation is 1. The average molecular weight is 292 g/mol. The summed E-state index contributed by atoms with van der Waals surface area (Å²) in [4.78, 5) is 11.1. The Morgan fingerprint density at radius 2 is 1.95 bits per heavy atom. The van der Waals surface area contributed by atoms with Crippen LogP contribution in [0.4, 0.5) is 11.4 Å². The number of hydrogen-bond acceptors (Lipinski definition) is 4. The number of hydrazone groups is 1. The van der Waals surface area contributed by atoms with Crippen LogP contribution in [-0.2, 0) is 4.79 Å². The fraction of sp³-hybridized carbons (Fsp3) is 0.118. The maximum Gasteiger partial charge on any atom is 0.254 e. The number of carbonyl (C=O) groups is 1. The van der Waals surface area contributed by atoms with Crippen LogP contribution >= 0.6 is 0 Å². The number of nitrogens with zero attached hydrogens (tertiary/aromatic N) is 2. The molecule has 0 radical (unpaired) electrons. The van der Waals surface area contributed by atoms with Crippen molar-refractivity contribution in [2.45, 2.75) is 13.3 Å². The van der Waals surface area contributed by atoms with Crippen molar-refractivity contribution in [3.63, 3.8) is 0 Å². The number of nitriles is 1. The maximum absolute atomic E-state index is 11.1. The molecule has 0 aliphatic rings. The molecule has 110 valence electrons. The maximum atomic E-state index is 11.1. The molecule has 0 aromatic heterocycles. The Labute approximate surface area is 129 Å². The Hall–Kier alpha value is -3.13. The average Bonchev–Trinajstić information content (AvgIpc) is 2.51. The van der Waals surface area contributed by atoms with E-state index in [9.17, 15) is 4.79 Å². The van der Waals surface area contributed by atoms with Crippen LogP contribution in [0.2, 0.25) is 0 Å². The minimum atomic E-state index is -0.420. The monoisotopic (exact) mass is 292 g/mol. The number of anilines is 2. The van der Waals surface area contributed by atoms with Crippen molar-refractivity contribution in [3.05, 3.63) is 59.7 Å². The van der Waals surface area contributed by atoms with E-state index >= 15 is 0 Å². The first-order valence-electron chi connectivity index (χ1n) is 6.80. The summed E-state index contributed by atoms with van der Waals surface area (Å²) in [6, 6.07) is 17.5. The first-order valence-corrected chi connectivity index (χ1v) is 6.80. The van der Waals surface area contributed by atoms with Gasteiger partial charge in [0.1, 0.15) is 6.42 Å². The Morgan fingerprint density at radius 3 is 2.64 bits per heavy atom. The highest BCUT2D eigenvalue weighted by Crippen LogP contribution is 2.19. The second-order valence-electron chi connectivity index (χ2n) is 4.69. The van der Waals surface area contributed by atoms with Gasteiger partial charge in [0.2, 0.25) is 0 Å². The summed E-state index contributed by atoms with van der Waals surface area (Å²) in [6.45, 7) is 2.05. The fourth-order valence-electron chi connectivity index (χ4n) is 1.81. The topological polar surface area (TPSA) is 77.3 Å². The normalized spacial score (nSPS) is 10.2. The van der Waals surface area contributed by atoms with Gasteiger partial charge in [-0.05, 0) is 36.2 Å². The molecular formula is C17H16N4O. The van der Waals surface area contributed by atoms with Crippen molar-refractivity contribution in [1.29, 1.82) is 5.26 Å². The molecule has 2 rings (SSSR count). The molecule has 1 amide bonds. The highest BCUT2D eigenvalue weighted by molar-refractivity contribution is 5.83. The second-order valence-corrected chi connectivity index (χ2v) is 4.69. The van der Waals surface area contributed by atoms with Gasteiger partial charge < -0.3 is 5.32 Å². The van der Waals surface area contributed by atoms with Gasteiger partial charge >= 0.3 is 0 Å². The summed E-state index contributed by atoms with van der Waals surface area (Å²) >= 11 is 0. The van der Waals surface area contributed by atoms with Gasteiger partial charge in [-0.1, -0.05) is 30.3 Å². The lowest BCUT2D eigenvalue weighted by Gasteiger charge is -2.09. The van der Waals surface area contributed by atoms with Gasteiger partial charge in [-0.3, -0.25) is 4.79 Å². The fourth-order valence-corrected chi connectivity index (χ4v) is 1.81. The third-order valence-electron chi connectivity index (χ3n) is 2.98. The first-order chi connectivity index (χ1) is 10.7. The zero-order valence-corrected chi connectivity index (χ0v) is 12.2. The van der Waals surface area contributed by atoms with E-state index in [1.807, 2.05) is 55.5 Å². The largest absolute Gasteiger partial charge is 0.355 e. The Balaban J connectivity index is 1.96. The molecule has 0 atom stereocenters. The predicted octanol–water partition coefficient (Wildman–Crippen LogP) is 3.10. The van der Waals surface area contributed by atoms with Crippen molar-refractivity contribution in [3.8, 4) is 6.07 Å². The number of carbonyl (C=O) groups excluding carboxylic acids is 1. The zero-order chi connectivity index (χ0) is 15.8. The number of benzene rings is 2. The summed E-state index contributed by atoms with van der Waals surface area (Å²) in [5.74, 6) is -0.420. The third-order valence-corrected chi connectivity index (χ3v) is 2.98. The van der Waals surface area contributed by atoms with Gasteiger partial charge in [-0.25, -0.2) is 5.43 Å². The first kappa shape index (κ1) is 15.3. The molecule has 0 fully saturated rings. The Kier molecular flexibility index (Phi) is 5.27. The van der Waals surface area contributed by atoms with E-state index in [4.69, 9.17) is 5.26 Å². The molecular weight excluding hydrogens is 276 g/mol. The molecule has 22 heavy (non-hydrogen) atoms. The zero-order valence-electron chi connectivity index (χ0n) is 12.2.